The van der Waals surface area contributed by atoms with Gasteiger partial charge in [-0.3, -0.25) is 0 Å². The lowest BCUT2D eigenvalue weighted by Crippen LogP contribution is -2.26. The van der Waals surface area contributed by atoms with Gasteiger partial charge in [0.25, 0.3) is 0 Å². The van der Waals surface area contributed by atoms with E-state index in [1.165, 1.54) is 0 Å². The van der Waals surface area contributed by atoms with Gasteiger partial charge in [0.15, 0.2) is 0 Å². The summed E-state index contributed by atoms with van der Waals surface area (Å²) in [7, 11) is -3.14. The maximum atomic E-state index is 11.7. The zero-order valence-electron chi connectivity index (χ0n) is 9.93. The molecule has 0 aromatic heterocycles. The molecule has 1 aromatic carbocycles. The largest absolute Gasteiger partial charge is 0.389 e. The van der Waals surface area contributed by atoms with E-state index in [-0.39, 0.29) is 5.75 Å². The van der Waals surface area contributed by atoms with E-state index in [4.69, 9.17) is 18.0 Å². The van der Waals surface area contributed by atoms with Gasteiger partial charge in [0.1, 0.15) is 4.99 Å². The van der Waals surface area contributed by atoms with Gasteiger partial charge in [0.2, 0.25) is 10.0 Å². The third-order valence-electron chi connectivity index (χ3n) is 2.89. The van der Waals surface area contributed by atoms with Crippen molar-refractivity contribution in [3.05, 3.63) is 35.4 Å². The van der Waals surface area contributed by atoms with E-state index in [1.54, 1.807) is 12.1 Å². The van der Waals surface area contributed by atoms with Crippen LogP contribution in [0.1, 0.15) is 24.0 Å². The quantitative estimate of drug-likeness (QED) is 0.769. The minimum atomic E-state index is -3.14. The molecule has 3 N–H and O–H groups in total. The Morgan fingerprint density at radius 1 is 1.33 bits per heavy atom. The van der Waals surface area contributed by atoms with E-state index < -0.39 is 10.0 Å². The van der Waals surface area contributed by atoms with Crippen molar-refractivity contribution >= 4 is 27.2 Å². The summed E-state index contributed by atoms with van der Waals surface area (Å²) in [4.78, 5) is 0.343. The molecule has 1 aliphatic rings. The first-order valence-corrected chi connectivity index (χ1v) is 7.88. The van der Waals surface area contributed by atoms with E-state index >= 15 is 0 Å². The lowest BCUT2D eigenvalue weighted by atomic mass is 10.1. The number of nitrogens with two attached hydrogens (primary N) is 1. The third-order valence-corrected chi connectivity index (χ3v) is 4.62. The van der Waals surface area contributed by atoms with E-state index in [9.17, 15) is 8.42 Å². The highest BCUT2D eigenvalue weighted by Crippen LogP contribution is 2.29. The van der Waals surface area contributed by atoms with Crippen molar-refractivity contribution in [1.29, 1.82) is 0 Å². The molecule has 1 saturated carbocycles. The minimum absolute atomic E-state index is 0.248. The Bertz CT molecular complexity index is 534. The molecule has 2 rings (SSSR count). The molecule has 1 aromatic rings. The Morgan fingerprint density at radius 3 is 2.44 bits per heavy atom. The van der Waals surface area contributed by atoms with Crippen LogP contribution < -0.4 is 10.5 Å². The molecule has 0 heterocycles. The first kappa shape index (κ1) is 13.5. The first-order valence-electron chi connectivity index (χ1n) is 5.82. The summed E-state index contributed by atoms with van der Waals surface area (Å²) in [6.07, 6.45) is 2.06. The highest BCUT2D eigenvalue weighted by molar-refractivity contribution is 7.89. The van der Waals surface area contributed by atoms with Crippen molar-refractivity contribution < 1.29 is 8.42 Å². The van der Waals surface area contributed by atoms with Crippen LogP contribution >= 0.6 is 12.2 Å². The number of nitrogens with one attached hydrogen (secondary N) is 1. The lowest BCUT2D eigenvalue weighted by molar-refractivity contribution is 0.577. The van der Waals surface area contributed by atoms with Crippen molar-refractivity contribution in [3.63, 3.8) is 0 Å². The second-order valence-corrected chi connectivity index (χ2v) is 6.90. The van der Waals surface area contributed by atoms with Gasteiger partial charge in [-0.05, 0) is 24.3 Å². The van der Waals surface area contributed by atoms with Gasteiger partial charge in [-0.25, -0.2) is 13.1 Å². The van der Waals surface area contributed by atoms with Crippen LogP contribution in [0.15, 0.2) is 24.3 Å². The normalized spacial score (nSPS) is 15.6. The molecule has 18 heavy (non-hydrogen) atoms. The van der Waals surface area contributed by atoms with Gasteiger partial charge in [0, 0.05) is 12.1 Å². The molecule has 1 fully saturated rings. The fourth-order valence-corrected chi connectivity index (χ4v) is 3.23. The van der Waals surface area contributed by atoms with Crippen LogP contribution in [-0.2, 0) is 16.6 Å². The van der Waals surface area contributed by atoms with Gasteiger partial charge in [-0.15, -0.1) is 0 Å². The van der Waals surface area contributed by atoms with Gasteiger partial charge < -0.3 is 5.73 Å². The standard InChI is InChI=1S/C12H16N2O2S2/c13-12(17)11-5-3-9(4-6-11)7-14-18(15,16)8-10-1-2-10/h3-6,10,14H,1-2,7-8H2,(H2,13,17). The third kappa shape index (κ3) is 4.04. The Kier molecular flexibility index (Phi) is 3.99. The van der Waals surface area contributed by atoms with Crippen LogP contribution in [0.2, 0.25) is 0 Å². The predicted molar refractivity (Wildman–Crippen MR) is 75.7 cm³/mol. The van der Waals surface area contributed by atoms with Gasteiger partial charge >= 0.3 is 0 Å². The molecule has 0 aliphatic heterocycles. The van der Waals surface area contributed by atoms with Crippen LogP contribution in [0, 0.1) is 5.92 Å². The van der Waals surface area contributed by atoms with Crippen molar-refractivity contribution in [2.45, 2.75) is 19.4 Å². The van der Waals surface area contributed by atoms with Crippen molar-refractivity contribution in [2.24, 2.45) is 11.7 Å². The number of sulfonamides is 1. The summed E-state index contributed by atoms with van der Waals surface area (Å²) in [5, 5.41) is 0. The molecular formula is C12H16N2O2S2. The Balaban J connectivity index is 1.91. The SMILES string of the molecule is NC(=S)c1ccc(CNS(=O)(=O)CC2CC2)cc1. The second kappa shape index (κ2) is 5.34. The predicted octanol–water partition coefficient (Wildman–Crippen LogP) is 1.15. The van der Waals surface area contributed by atoms with E-state index in [1.807, 2.05) is 12.1 Å². The van der Waals surface area contributed by atoms with Gasteiger partial charge in [0.05, 0.1) is 5.75 Å². The zero-order chi connectivity index (χ0) is 13.2. The smallest absolute Gasteiger partial charge is 0.212 e. The van der Waals surface area contributed by atoms with Crippen LogP contribution in [0.25, 0.3) is 0 Å². The Hall–Kier alpha value is -0.980. The topological polar surface area (TPSA) is 72.2 Å². The number of benzene rings is 1. The van der Waals surface area contributed by atoms with Crippen LogP contribution in [0.5, 0.6) is 0 Å². The average Bonchev–Trinajstić information content (AvgIpc) is 3.10. The first-order chi connectivity index (χ1) is 8.46. The summed E-state index contributed by atoms with van der Waals surface area (Å²) in [5.74, 6) is 0.609. The van der Waals surface area contributed by atoms with Crippen molar-refractivity contribution in [2.75, 3.05) is 5.75 Å². The lowest BCUT2D eigenvalue weighted by Gasteiger charge is -2.06. The summed E-state index contributed by atoms with van der Waals surface area (Å²) in [5.41, 5.74) is 7.17. The molecule has 98 valence electrons. The molecular weight excluding hydrogens is 268 g/mol. The molecule has 0 spiro atoms. The number of hydrogen-bond donors (Lipinski definition) is 2. The number of thiocarbonyl (C=S) groups is 1. The minimum Gasteiger partial charge on any atom is -0.389 e. The van der Waals surface area contributed by atoms with E-state index in [2.05, 4.69) is 4.72 Å². The molecule has 0 atom stereocenters. The maximum absolute atomic E-state index is 11.7. The Morgan fingerprint density at radius 2 is 1.94 bits per heavy atom. The summed E-state index contributed by atoms with van der Waals surface area (Å²) in [6, 6.07) is 7.25. The molecule has 6 heteroatoms. The van der Waals surface area contributed by atoms with Crippen LogP contribution in [-0.4, -0.2) is 19.2 Å². The van der Waals surface area contributed by atoms with Gasteiger partial charge in [-0.1, -0.05) is 36.5 Å². The molecule has 0 radical (unpaired) electrons. The maximum Gasteiger partial charge on any atom is 0.212 e. The van der Waals surface area contributed by atoms with Crippen molar-refractivity contribution in [1.82, 2.24) is 4.72 Å². The second-order valence-electron chi connectivity index (χ2n) is 4.61. The monoisotopic (exact) mass is 284 g/mol. The van der Waals surface area contributed by atoms with Gasteiger partial charge in [-0.2, -0.15) is 0 Å². The average molecular weight is 284 g/mol. The molecule has 1 aliphatic carbocycles. The summed E-state index contributed by atoms with van der Waals surface area (Å²) >= 11 is 4.85. The van der Waals surface area contributed by atoms with Crippen molar-refractivity contribution in [3.8, 4) is 0 Å². The Labute approximate surface area is 113 Å². The number of rotatable bonds is 6. The summed E-state index contributed by atoms with van der Waals surface area (Å²) < 4.78 is 26.0. The fourth-order valence-electron chi connectivity index (χ4n) is 1.63. The molecule has 0 saturated heterocycles. The zero-order valence-corrected chi connectivity index (χ0v) is 11.6. The van der Waals surface area contributed by atoms with Crippen LogP contribution in [0.4, 0.5) is 0 Å². The molecule has 0 unspecified atom stereocenters. The molecule has 0 amide bonds. The summed E-state index contributed by atoms with van der Waals surface area (Å²) in [6.45, 7) is 0.312. The fraction of sp³-hybridized carbons (Fsp3) is 0.417. The highest BCUT2D eigenvalue weighted by atomic mass is 32.2. The number of hydrogen-bond acceptors (Lipinski definition) is 3. The molecule has 0 bridgehead atoms. The highest BCUT2D eigenvalue weighted by Gasteiger charge is 2.27. The molecule has 4 nitrogen and oxygen atoms in total. The van der Waals surface area contributed by atoms with Crippen LogP contribution in [0.3, 0.4) is 0 Å². The van der Waals surface area contributed by atoms with E-state index in [0.29, 0.717) is 17.5 Å². The van der Waals surface area contributed by atoms with E-state index in [0.717, 1.165) is 24.0 Å².